The molecule has 1 aromatic carbocycles. The number of nitriles is 1. The largest absolute Gasteiger partial charge is 0.492 e. The number of hydrogen-bond acceptors (Lipinski definition) is 5. The lowest BCUT2D eigenvalue weighted by atomic mass is 10.1. The van der Waals surface area contributed by atoms with Gasteiger partial charge in [-0.15, -0.1) is 0 Å². The van der Waals surface area contributed by atoms with E-state index in [0.717, 1.165) is 6.07 Å². The van der Waals surface area contributed by atoms with Crippen molar-refractivity contribution >= 4 is 17.5 Å². The van der Waals surface area contributed by atoms with Crippen molar-refractivity contribution in [2.24, 2.45) is 0 Å². The third kappa shape index (κ3) is 5.43. The minimum atomic E-state index is -0.827. The van der Waals surface area contributed by atoms with Crippen LogP contribution in [-0.4, -0.2) is 49.0 Å². The summed E-state index contributed by atoms with van der Waals surface area (Å²) in [5, 5.41) is 13.8. The molecular formula is C17H21FN4O3. The molecule has 2 N–H and O–H groups in total. The Labute approximate surface area is 145 Å². The van der Waals surface area contributed by atoms with Gasteiger partial charge in [0.1, 0.15) is 11.6 Å². The van der Waals surface area contributed by atoms with Gasteiger partial charge in [-0.1, -0.05) is 0 Å². The molecule has 1 fully saturated rings. The first-order chi connectivity index (χ1) is 12.0. The first kappa shape index (κ1) is 18.7. The normalized spacial score (nSPS) is 15.2. The number of rotatable bonds is 5. The summed E-state index contributed by atoms with van der Waals surface area (Å²) in [6.45, 7) is 3.81. The maximum absolute atomic E-state index is 13.3. The second kappa shape index (κ2) is 8.99. The standard InChI is InChI=1S/C17H21FN4O3/c1-2-25-15-11-12(18)3-4-14(15)21-17(24)16(23)20-13-5-8-22(9-6-13)10-7-19/h3-4,11,13H,2,5-6,8-10H2,1H3,(H,20,23)(H,21,24). The predicted octanol–water partition coefficient (Wildman–Crippen LogP) is 1.27. The highest BCUT2D eigenvalue weighted by Crippen LogP contribution is 2.25. The molecular weight excluding hydrogens is 327 g/mol. The van der Waals surface area contributed by atoms with Gasteiger partial charge in [0.2, 0.25) is 0 Å². The van der Waals surface area contributed by atoms with E-state index in [9.17, 15) is 14.0 Å². The fourth-order valence-electron chi connectivity index (χ4n) is 2.64. The topological polar surface area (TPSA) is 94.5 Å². The summed E-state index contributed by atoms with van der Waals surface area (Å²) in [5.74, 6) is -1.89. The number of carbonyl (C=O) groups excluding carboxylic acids is 2. The summed E-state index contributed by atoms with van der Waals surface area (Å²) in [7, 11) is 0. The molecule has 0 atom stereocenters. The lowest BCUT2D eigenvalue weighted by Crippen LogP contribution is -2.47. The van der Waals surface area contributed by atoms with E-state index in [1.807, 2.05) is 4.90 Å². The quantitative estimate of drug-likeness (QED) is 0.617. The van der Waals surface area contributed by atoms with Crippen LogP contribution in [0, 0.1) is 17.1 Å². The molecule has 0 unspecified atom stereocenters. The van der Waals surface area contributed by atoms with Crippen molar-refractivity contribution in [1.82, 2.24) is 10.2 Å². The first-order valence-electron chi connectivity index (χ1n) is 8.17. The van der Waals surface area contributed by atoms with Crippen LogP contribution in [0.4, 0.5) is 10.1 Å². The molecule has 2 rings (SSSR count). The highest BCUT2D eigenvalue weighted by molar-refractivity contribution is 6.39. The Balaban J connectivity index is 1.89. The van der Waals surface area contributed by atoms with Crippen molar-refractivity contribution in [1.29, 1.82) is 5.26 Å². The van der Waals surface area contributed by atoms with Crippen molar-refractivity contribution in [3.63, 3.8) is 0 Å². The molecule has 0 bridgehead atoms. The molecule has 0 aliphatic carbocycles. The first-order valence-corrected chi connectivity index (χ1v) is 8.17. The van der Waals surface area contributed by atoms with Gasteiger partial charge in [-0.3, -0.25) is 14.5 Å². The number of halogens is 1. The molecule has 1 aliphatic heterocycles. The number of benzene rings is 1. The number of likely N-dealkylation sites (tertiary alicyclic amines) is 1. The number of nitrogens with one attached hydrogen (secondary N) is 2. The molecule has 1 saturated heterocycles. The van der Waals surface area contributed by atoms with E-state index in [2.05, 4.69) is 16.7 Å². The molecule has 7 nitrogen and oxygen atoms in total. The highest BCUT2D eigenvalue weighted by Gasteiger charge is 2.23. The van der Waals surface area contributed by atoms with Crippen molar-refractivity contribution < 1.29 is 18.7 Å². The monoisotopic (exact) mass is 348 g/mol. The van der Waals surface area contributed by atoms with Crippen molar-refractivity contribution in [2.45, 2.75) is 25.8 Å². The van der Waals surface area contributed by atoms with Gasteiger partial charge in [-0.05, 0) is 31.9 Å². The Hall–Kier alpha value is -2.66. The van der Waals surface area contributed by atoms with Gasteiger partial charge in [0.05, 0.1) is 24.9 Å². The minimum absolute atomic E-state index is 0.104. The average molecular weight is 348 g/mol. The van der Waals surface area contributed by atoms with Gasteiger partial charge in [0.15, 0.2) is 0 Å². The maximum atomic E-state index is 13.3. The number of amides is 2. The van der Waals surface area contributed by atoms with Crippen molar-refractivity contribution in [3.8, 4) is 11.8 Å². The molecule has 0 aromatic heterocycles. The number of nitrogens with zero attached hydrogens (tertiary/aromatic N) is 2. The van der Waals surface area contributed by atoms with E-state index in [1.54, 1.807) is 6.92 Å². The number of anilines is 1. The van der Waals surface area contributed by atoms with Gasteiger partial charge in [0.25, 0.3) is 0 Å². The number of hydrogen-bond donors (Lipinski definition) is 2. The van der Waals surface area contributed by atoms with Crippen LogP contribution in [0.5, 0.6) is 5.75 Å². The zero-order valence-electron chi connectivity index (χ0n) is 14.0. The van der Waals surface area contributed by atoms with Crippen LogP contribution in [0.25, 0.3) is 0 Å². The highest BCUT2D eigenvalue weighted by atomic mass is 19.1. The van der Waals surface area contributed by atoms with E-state index in [-0.39, 0.29) is 17.5 Å². The Kier molecular flexibility index (Phi) is 6.71. The summed E-state index contributed by atoms with van der Waals surface area (Å²) in [6, 6.07) is 5.68. The molecule has 0 spiro atoms. The Bertz CT molecular complexity index is 666. The Morgan fingerprint density at radius 3 is 2.72 bits per heavy atom. The zero-order chi connectivity index (χ0) is 18.2. The third-order valence-corrected chi connectivity index (χ3v) is 3.92. The summed E-state index contributed by atoms with van der Waals surface area (Å²) in [4.78, 5) is 26.1. The van der Waals surface area contributed by atoms with Gasteiger partial charge in [-0.25, -0.2) is 4.39 Å². The number of ether oxygens (including phenoxy) is 1. The molecule has 1 aromatic rings. The van der Waals surface area contributed by atoms with Gasteiger partial charge < -0.3 is 15.4 Å². The molecule has 1 heterocycles. The second-order valence-corrected chi connectivity index (χ2v) is 5.71. The molecule has 25 heavy (non-hydrogen) atoms. The van der Waals surface area contributed by atoms with E-state index in [4.69, 9.17) is 10.00 Å². The van der Waals surface area contributed by atoms with Crippen molar-refractivity contribution in [2.75, 3.05) is 31.6 Å². The van der Waals surface area contributed by atoms with E-state index >= 15 is 0 Å². The molecule has 134 valence electrons. The second-order valence-electron chi connectivity index (χ2n) is 5.71. The lowest BCUT2D eigenvalue weighted by molar-refractivity contribution is -0.136. The SMILES string of the molecule is CCOc1cc(F)ccc1NC(=O)C(=O)NC1CCN(CC#N)CC1. The fraction of sp³-hybridized carbons (Fsp3) is 0.471. The molecule has 0 radical (unpaired) electrons. The molecule has 1 aliphatic rings. The van der Waals surface area contributed by atoms with Crippen LogP contribution in [0.1, 0.15) is 19.8 Å². The smallest absolute Gasteiger partial charge is 0.313 e. The Morgan fingerprint density at radius 1 is 1.36 bits per heavy atom. The lowest BCUT2D eigenvalue weighted by Gasteiger charge is -2.30. The third-order valence-electron chi connectivity index (χ3n) is 3.92. The number of piperidine rings is 1. The summed E-state index contributed by atoms with van der Waals surface area (Å²) in [5.41, 5.74) is 0.243. The summed E-state index contributed by atoms with van der Waals surface area (Å²) in [6.07, 6.45) is 1.36. The van der Waals surface area contributed by atoms with Gasteiger partial charge in [-0.2, -0.15) is 5.26 Å². The van der Waals surface area contributed by atoms with Crippen LogP contribution in [-0.2, 0) is 9.59 Å². The fourth-order valence-corrected chi connectivity index (χ4v) is 2.64. The Morgan fingerprint density at radius 2 is 2.08 bits per heavy atom. The van der Waals surface area contributed by atoms with Gasteiger partial charge in [0, 0.05) is 25.2 Å². The van der Waals surface area contributed by atoms with Gasteiger partial charge >= 0.3 is 11.8 Å². The summed E-state index contributed by atoms with van der Waals surface area (Å²) < 4.78 is 18.5. The minimum Gasteiger partial charge on any atom is -0.492 e. The van der Waals surface area contributed by atoms with E-state index in [1.165, 1.54) is 12.1 Å². The zero-order valence-corrected chi connectivity index (χ0v) is 14.0. The van der Waals surface area contributed by atoms with Crippen molar-refractivity contribution in [3.05, 3.63) is 24.0 Å². The average Bonchev–Trinajstić information content (AvgIpc) is 2.59. The van der Waals surface area contributed by atoms with Crippen LogP contribution < -0.4 is 15.4 Å². The van der Waals surface area contributed by atoms with Crippen LogP contribution in [0.2, 0.25) is 0 Å². The van der Waals surface area contributed by atoms with E-state index in [0.29, 0.717) is 39.1 Å². The number of carbonyl (C=O) groups is 2. The molecule has 0 saturated carbocycles. The van der Waals surface area contributed by atoms with Crippen LogP contribution >= 0.6 is 0 Å². The van der Waals surface area contributed by atoms with Crippen LogP contribution in [0.15, 0.2) is 18.2 Å². The predicted molar refractivity (Wildman–Crippen MR) is 89.4 cm³/mol. The summed E-state index contributed by atoms with van der Waals surface area (Å²) >= 11 is 0. The molecule has 2 amide bonds. The maximum Gasteiger partial charge on any atom is 0.313 e. The molecule has 8 heteroatoms. The van der Waals surface area contributed by atoms with Crippen LogP contribution in [0.3, 0.4) is 0 Å². The van der Waals surface area contributed by atoms with E-state index < -0.39 is 17.6 Å².